The second-order valence-electron chi connectivity index (χ2n) is 3.22. The molecule has 2 aromatic rings. The van der Waals surface area contributed by atoms with Crippen LogP contribution in [0.3, 0.4) is 0 Å². The summed E-state index contributed by atoms with van der Waals surface area (Å²) < 4.78 is 4.39. The largest absolute Gasteiger partial charge is 0.286 e. The first kappa shape index (κ1) is 7.35. The first-order valence-electron chi connectivity index (χ1n) is 4.13. The van der Waals surface area contributed by atoms with Gasteiger partial charge in [-0.1, -0.05) is 6.07 Å². The van der Waals surface area contributed by atoms with E-state index >= 15 is 0 Å². The Morgan fingerprint density at radius 1 is 1.25 bits per heavy atom. The van der Waals surface area contributed by atoms with Crippen molar-refractivity contribution in [1.82, 2.24) is 4.57 Å². The highest BCUT2D eigenvalue weighted by Gasteiger charge is 2.10. The van der Waals surface area contributed by atoms with E-state index in [1.807, 2.05) is 0 Å². The molecular formula is C10H13N2+. The molecule has 62 valence electrons. The van der Waals surface area contributed by atoms with E-state index in [4.69, 9.17) is 0 Å². The fourth-order valence-corrected chi connectivity index (χ4v) is 1.51. The van der Waals surface area contributed by atoms with Crippen molar-refractivity contribution in [2.75, 3.05) is 0 Å². The third-order valence-electron chi connectivity index (χ3n) is 2.40. The number of rotatable bonds is 0. The Morgan fingerprint density at radius 2 is 2.00 bits per heavy atom. The quantitative estimate of drug-likeness (QED) is 0.516. The van der Waals surface area contributed by atoms with E-state index in [-0.39, 0.29) is 0 Å². The summed E-state index contributed by atoms with van der Waals surface area (Å²) in [5, 5.41) is 0. The molecule has 2 rings (SSSR count). The first-order chi connectivity index (χ1) is 5.70. The average Bonchev–Trinajstić information content (AvgIpc) is 2.32. The van der Waals surface area contributed by atoms with Crippen molar-refractivity contribution in [2.24, 2.45) is 7.05 Å². The first-order valence-corrected chi connectivity index (χ1v) is 4.13. The van der Waals surface area contributed by atoms with E-state index in [2.05, 4.69) is 54.3 Å². The third kappa shape index (κ3) is 0.843. The van der Waals surface area contributed by atoms with Crippen molar-refractivity contribution in [3.05, 3.63) is 35.8 Å². The monoisotopic (exact) mass is 161 g/mol. The maximum atomic E-state index is 2.20. The second kappa shape index (κ2) is 2.34. The summed E-state index contributed by atoms with van der Waals surface area (Å²) >= 11 is 0. The van der Waals surface area contributed by atoms with Crippen molar-refractivity contribution in [2.45, 2.75) is 13.8 Å². The molecule has 12 heavy (non-hydrogen) atoms. The van der Waals surface area contributed by atoms with Crippen molar-refractivity contribution in [1.29, 1.82) is 0 Å². The summed E-state index contributed by atoms with van der Waals surface area (Å²) in [4.78, 5) is 0. The number of pyridine rings is 1. The lowest BCUT2D eigenvalue weighted by molar-refractivity contribution is -0.518. The molecule has 0 aliphatic heterocycles. The maximum Gasteiger partial charge on any atom is 0.286 e. The van der Waals surface area contributed by atoms with Crippen LogP contribution in [0.1, 0.15) is 11.4 Å². The second-order valence-corrected chi connectivity index (χ2v) is 3.22. The molecule has 0 N–H and O–H groups in total. The Labute approximate surface area is 72.1 Å². The van der Waals surface area contributed by atoms with Crippen LogP contribution in [0.5, 0.6) is 0 Å². The highest BCUT2D eigenvalue weighted by Crippen LogP contribution is 2.02. The summed E-state index contributed by atoms with van der Waals surface area (Å²) in [6.07, 6.45) is 2.16. The number of fused-ring (bicyclic) bond motifs is 1. The van der Waals surface area contributed by atoms with E-state index < -0.39 is 0 Å². The summed E-state index contributed by atoms with van der Waals surface area (Å²) in [7, 11) is 2.09. The summed E-state index contributed by atoms with van der Waals surface area (Å²) in [6.45, 7) is 4.24. The van der Waals surface area contributed by atoms with Gasteiger partial charge in [0.2, 0.25) is 0 Å². The number of aryl methyl sites for hydroxylation is 3. The summed E-state index contributed by atoms with van der Waals surface area (Å²) in [5.41, 5.74) is 3.80. The third-order valence-corrected chi connectivity index (χ3v) is 2.40. The zero-order valence-electron chi connectivity index (χ0n) is 7.70. The minimum atomic E-state index is 1.24. The molecule has 2 nitrogen and oxygen atoms in total. The standard InChI is InChI=1S/C10H13N2/c1-8-5-4-6-10-11(3)9(2)7-12(8)10/h4-7H,1-3H3/q+1. The van der Waals surface area contributed by atoms with Crippen LogP contribution in [-0.4, -0.2) is 4.57 Å². The SMILES string of the molecule is Cc1c[n+]2c(C)cccc2n1C. The normalized spacial score (nSPS) is 10.9. The van der Waals surface area contributed by atoms with Crippen LogP contribution < -0.4 is 4.40 Å². The van der Waals surface area contributed by atoms with Gasteiger partial charge in [-0.05, 0) is 13.0 Å². The lowest BCUT2D eigenvalue weighted by Gasteiger charge is -1.91. The molecule has 0 unspecified atom stereocenters. The van der Waals surface area contributed by atoms with E-state index in [0.29, 0.717) is 0 Å². The number of imidazole rings is 1. The van der Waals surface area contributed by atoms with Crippen LogP contribution >= 0.6 is 0 Å². The fourth-order valence-electron chi connectivity index (χ4n) is 1.51. The molecule has 0 atom stereocenters. The molecule has 0 saturated carbocycles. The molecule has 0 aliphatic carbocycles. The lowest BCUT2D eigenvalue weighted by atomic mass is 10.4. The molecule has 0 aliphatic rings. The van der Waals surface area contributed by atoms with Gasteiger partial charge < -0.3 is 0 Å². The number of nitrogens with zero attached hydrogens (tertiary/aromatic N) is 2. The zero-order chi connectivity index (χ0) is 8.72. The molecular weight excluding hydrogens is 148 g/mol. The van der Waals surface area contributed by atoms with Crippen molar-refractivity contribution < 1.29 is 4.40 Å². The Bertz CT molecular complexity index is 427. The molecule has 2 heterocycles. The summed E-state index contributed by atoms with van der Waals surface area (Å²) in [5.74, 6) is 0. The van der Waals surface area contributed by atoms with Gasteiger partial charge in [-0.2, -0.15) is 0 Å². The van der Waals surface area contributed by atoms with Crippen LogP contribution in [0.2, 0.25) is 0 Å². The van der Waals surface area contributed by atoms with Gasteiger partial charge in [-0.25, -0.2) is 8.97 Å². The lowest BCUT2D eigenvalue weighted by Crippen LogP contribution is -2.22. The molecule has 0 radical (unpaired) electrons. The van der Waals surface area contributed by atoms with Gasteiger partial charge in [0.25, 0.3) is 5.65 Å². The molecule has 0 amide bonds. The van der Waals surface area contributed by atoms with Crippen molar-refractivity contribution >= 4 is 5.65 Å². The zero-order valence-corrected chi connectivity index (χ0v) is 7.70. The molecule has 2 heteroatoms. The van der Waals surface area contributed by atoms with Crippen LogP contribution in [0.25, 0.3) is 5.65 Å². The van der Waals surface area contributed by atoms with Crippen molar-refractivity contribution in [3.63, 3.8) is 0 Å². The molecule has 2 aromatic heterocycles. The Balaban J connectivity index is 2.95. The highest BCUT2D eigenvalue weighted by atomic mass is 15.1. The van der Waals surface area contributed by atoms with Gasteiger partial charge in [0, 0.05) is 13.0 Å². The van der Waals surface area contributed by atoms with Crippen LogP contribution in [0, 0.1) is 13.8 Å². The van der Waals surface area contributed by atoms with Gasteiger partial charge in [-0.3, -0.25) is 0 Å². The summed E-state index contributed by atoms with van der Waals surface area (Å²) in [6, 6.07) is 6.33. The molecule has 0 bridgehead atoms. The number of hydrogen-bond acceptors (Lipinski definition) is 0. The maximum absolute atomic E-state index is 2.20. The smallest absolute Gasteiger partial charge is 0.230 e. The minimum absolute atomic E-state index is 1.24. The van der Waals surface area contributed by atoms with Crippen LogP contribution in [0.15, 0.2) is 24.4 Å². The highest BCUT2D eigenvalue weighted by molar-refractivity contribution is 5.32. The Kier molecular flexibility index (Phi) is 1.43. The molecule has 0 fully saturated rings. The Hall–Kier alpha value is -1.31. The van der Waals surface area contributed by atoms with Gasteiger partial charge in [0.15, 0.2) is 0 Å². The van der Waals surface area contributed by atoms with Crippen molar-refractivity contribution in [3.8, 4) is 0 Å². The van der Waals surface area contributed by atoms with Gasteiger partial charge in [0.05, 0.1) is 7.05 Å². The predicted octanol–water partition coefficient (Wildman–Crippen LogP) is 1.38. The van der Waals surface area contributed by atoms with Crippen LogP contribution in [0.4, 0.5) is 0 Å². The Morgan fingerprint density at radius 3 is 2.67 bits per heavy atom. The van der Waals surface area contributed by atoms with Gasteiger partial charge >= 0.3 is 0 Å². The minimum Gasteiger partial charge on any atom is -0.230 e. The van der Waals surface area contributed by atoms with Gasteiger partial charge in [0.1, 0.15) is 17.6 Å². The van der Waals surface area contributed by atoms with Crippen LogP contribution in [-0.2, 0) is 7.05 Å². The van der Waals surface area contributed by atoms with E-state index in [9.17, 15) is 0 Å². The predicted molar refractivity (Wildman–Crippen MR) is 48.0 cm³/mol. The van der Waals surface area contributed by atoms with Gasteiger partial charge in [-0.15, -0.1) is 0 Å². The van der Waals surface area contributed by atoms with E-state index in [1.54, 1.807) is 0 Å². The van der Waals surface area contributed by atoms with E-state index in [1.165, 1.54) is 17.0 Å². The number of aromatic nitrogens is 2. The average molecular weight is 161 g/mol. The molecule has 0 aromatic carbocycles. The molecule has 0 spiro atoms. The fraction of sp³-hybridized carbons (Fsp3) is 0.300. The topological polar surface area (TPSA) is 9.03 Å². The van der Waals surface area contributed by atoms with E-state index in [0.717, 1.165) is 0 Å². The number of hydrogen-bond donors (Lipinski definition) is 0. The molecule has 0 saturated heterocycles.